The Kier molecular flexibility index (Phi) is 7.34. The zero-order chi connectivity index (χ0) is 23.5. The molecule has 8 heteroatoms. The van der Waals surface area contributed by atoms with Gasteiger partial charge >= 0.3 is 0 Å². The average molecular weight is 455 g/mol. The van der Waals surface area contributed by atoms with Gasteiger partial charge in [-0.2, -0.15) is 5.26 Å². The molecule has 0 bridgehead atoms. The molecule has 1 fully saturated rings. The fourth-order valence-electron chi connectivity index (χ4n) is 3.87. The Balaban J connectivity index is 1.74. The van der Waals surface area contributed by atoms with Crippen LogP contribution in [-0.4, -0.2) is 68.7 Å². The van der Waals surface area contributed by atoms with E-state index in [1.165, 1.54) is 24.5 Å². The Labute approximate surface area is 190 Å². The second-order valence-corrected chi connectivity index (χ2v) is 10.6. The van der Waals surface area contributed by atoms with E-state index in [0.29, 0.717) is 29.8 Å². The number of nitriles is 1. The van der Waals surface area contributed by atoms with Gasteiger partial charge in [0.05, 0.1) is 16.5 Å². The van der Waals surface area contributed by atoms with E-state index in [1.54, 1.807) is 13.0 Å². The number of aryl methyl sites for hydroxylation is 1. The number of sulfonamides is 1. The number of rotatable bonds is 5. The van der Waals surface area contributed by atoms with Crippen molar-refractivity contribution >= 4 is 15.9 Å². The molecule has 0 atom stereocenters. The molecule has 0 unspecified atom stereocenters. The summed E-state index contributed by atoms with van der Waals surface area (Å²) < 4.78 is 26.7. The molecule has 1 aliphatic heterocycles. The minimum absolute atomic E-state index is 0.136. The lowest BCUT2D eigenvalue weighted by Gasteiger charge is -2.23. The van der Waals surface area contributed by atoms with Crippen LogP contribution in [0.15, 0.2) is 41.3 Å². The predicted molar refractivity (Wildman–Crippen MR) is 124 cm³/mol. The van der Waals surface area contributed by atoms with Crippen molar-refractivity contribution < 1.29 is 13.2 Å². The van der Waals surface area contributed by atoms with Gasteiger partial charge in [-0.15, -0.1) is 0 Å². The van der Waals surface area contributed by atoms with Gasteiger partial charge in [0.1, 0.15) is 0 Å². The molecule has 2 aromatic carbocycles. The minimum atomic E-state index is -3.64. The van der Waals surface area contributed by atoms with Crippen molar-refractivity contribution in [1.29, 1.82) is 5.26 Å². The van der Waals surface area contributed by atoms with E-state index >= 15 is 0 Å². The molecule has 1 heterocycles. The van der Waals surface area contributed by atoms with Gasteiger partial charge in [-0.25, -0.2) is 12.7 Å². The summed E-state index contributed by atoms with van der Waals surface area (Å²) in [4.78, 5) is 17.6. The first-order valence-electron chi connectivity index (χ1n) is 10.7. The van der Waals surface area contributed by atoms with Gasteiger partial charge in [-0.05, 0) is 61.2 Å². The van der Waals surface area contributed by atoms with Crippen LogP contribution in [0.4, 0.5) is 0 Å². The fourth-order valence-corrected chi connectivity index (χ4v) is 5.09. The molecule has 1 saturated heterocycles. The minimum Gasteiger partial charge on any atom is -0.337 e. The maximum atomic E-state index is 13.3. The maximum Gasteiger partial charge on any atom is 0.253 e. The average Bonchev–Trinajstić information content (AvgIpc) is 3.01. The first-order valence-corrected chi connectivity index (χ1v) is 12.1. The maximum absolute atomic E-state index is 13.3. The molecular weight excluding hydrogens is 424 g/mol. The Morgan fingerprint density at radius 1 is 1.06 bits per heavy atom. The van der Waals surface area contributed by atoms with E-state index in [0.717, 1.165) is 37.2 Å². The number of hydrogen-bond acceptors (Lipinski definition) is 5. The van der Waals surface area contributed by atoms with Crippen LogP contribution in [0.3, 0.4) is 0 Å². The number of amides is 1. The van der Waals surface area contributed by atoms with Crippen molar-refractivity contribution in [3.63, 3.8) is 0 Å². The Morgan fingerprint density at radius 3 is 2.38 bits per heavy atom. The molecule has 32 heavy (non-hydrogen) atoms. The normalized spacial score (nSPS) is 15.4. The summed E-state index contributed by atoms with van der Waals surface area (Å²) >= 11 is 0. The van der Waals surface area contributed by atoms with E-state index in [9.17, 15) is 13.2 Å². The van der Waals surface area contributed by atoms with Gasteiger partial charge in [-0.1, -0.05) is 12.1 Å². The first-order chi connectivity index (χ1) is 15.1. The second kappa shape index (κ2) is 9.82. The van der Waals surface area contributed by atoms with Crippen LogP contribution in [-0.2, 0) is 16.6 Å². The molecule has 0 aromatic heterocycles. The Bertz CT molecular complexity index is 1140. The quantitative estimate of drug-likeness (QED) is 0.694. The number of carbonyl (C=O) groups excluding carboxylic acids is 1. The molecule has 2 aromatic rings. The van der Waals surface area contributed by atoms with Gasteiger partial charge < -0.3 is 4.90 Å². The molecule has 0 spiro atoms. The topological polar surface area (TPSA) is 84.7 Å². The standard InChI is InChI=1S/C24H30N4O3S/c1-18-14-22(15-23(19(18)2)32(30,31)26(3)4)24(29)28-11-5-10-27(12-13-28)17-21-8-6-20(16-25)7-9-21/h6-9,14-15H,5,10-13,17H2,1-4H3. The molecular formula is C24H30N4O3S. The highest BCUT2D eigenvalue weighted by Gasteiger charge is 2.26. The highest BCUT2D eigenvalue weighted by molar-refractivity contribution is 7.89. The molecule has 170 valence electrons. The van der Waals surface area contributed by atoms with Gasteiger partial charge in [0.2, 0.25) is 10.0 Å². The third-order valence-electron chi connectivity index (χ3n) is 5.99. The molecule has 0 aliphatic carbocycles. The molecule has 0 saturated carbocycles. The van der Waals surface area contributed by atoms with Crippen LogP contribution in [0.2, 0.25) is 0 Å². The lowest BCUT2D eigenvalue weighted by Crippen LogP contribution is -2.35. The van der Waals surface area contributed by atoms with Crippen LogP contribution >= 0.6 is 0 Å². The second-order valence-electron chi connectivity index (χ2n) is 8.43. The van der Waals surface area contributed by atoms with Crippen LogP contribution < -0.4 is 0 Å². The first kappa shape index (κ1) is 23.9. The molecule has 1 aliphatic rings. The fraction of sp³-hybridized carbons (Fsp3) is 0.417. The summed E-state index contributed by atoms with van der Waals surface area (Å²) in [5.74, 6) is -0.136. The molecule has 0 N–H and O–H groups in total. The van der Waals surface area contributed by atoms with Crippen LogP contribution in [0.25, 0.3) is 0 Å². The van der Waals surface area contributed by atoms with E-state index < -0.39 is 10.0 Å². The summed E-state index contributed by atoms with van der Waals surface area (Å²) in [6, 6.07) is 13.0. The van der Waals surface area contributed by atoms with Crippen molar-refractivity contribution in [1.82, 2.24) is 14.1 Å². The van der Waals surface area contributed by atoms with Crippen LogP contribution in [0.1, 0.15) is 39.0 Å². The number of nitrogens with zero attached hydrogens (tertiary/aromatic N) is 4. The van der Waals surface area contributed by atoms with E-state index in [4.69, 9.17) is 5.26 Å². The van der Waals surface area contributed by atoms with E-state index in [2.05, 4.69) is 11.0 Å². The number of benzene rings is 2. The van der Waals surface area contributed by atoms with Gasteiger partial charge in [0.25, 0.3) is 5.91 Å². The SMILES string of the molecule is Cc1cc(C(=O)N2CCCN(Cc3ccc(C#N)cc3)CC2)cc(S(=O)(=O)N(C)C)c1C. The summed E-state index contributed by atoms with van der Waals surface area (Å²) in [7, 11) is -0.646. The smallest absolute Gasteiger partial charge is 0.253 e. The zero-order valence-electron chi connectivity index (χ0n) is 19.1. The zero-order valence-corrected chi connectivity index (χ0v) is 19.9. The van der Waals surface area contributed by atoms with E-state index in [-0.39, 0.29) is 10.8 Å². The molecule has 7 nitrogen and oxygen atoms in total. The monoisotopic (exact) mass is 454 g/mol. The summed E-state index contributed by atoms with van der Waals surface area (Å²) in [6.07, 6.45) is 0.843. The number of hydrogen-bond donors (Lipinski definition) is 0. The van der Waals surface area contributed by atoms with Gasteiger partial charge in [-0.3, -0.25) is 9.69 Å². The van der Waals surface area contributed by atoms with Crippen molar-refractivity contribution in [2.24, 2.45) is 0 Å². The molecule has 0 radical (unpaired) electrons. The van der Waals surface area contributed by atoms with Gasteiger partial charge in [0, 0.05) is 52.4 Å². The Hall–Kier alpha value is -2.73. The highest BCUT2D eigenvalue weighted by atomic mass is 32.2. The van der Waals surface area contributed by atoms with Crippen molar-refractivity contribution in [3.05, 3.63) is 64.2 Å². The van der Waals surface area contributed by atoms with Crippen molar-refractivity contribution in [3.8, 4) is 6.07 Å². The van der Waals surface area contributed by atoms with Gasteiger partial charge in [0.15, 0.2) is 0 Å². The third-order valence-corrected chi connectivity index (χ3v) is 7.93. The molecule has 3 rings (SSSR count). The third kappa shape index (κ3) is 5.18. The highest BCUT2D eigenvalue weighted by Crippen LogP contribution is 2.24. The summed E-state index contributed by atoms with van der Waals surface area (Å²) in [5.41, 5.74) is 3.64. The lowest BCUT2D eigenvalue weighted by molar-refractivity contribution is 0.0760. The molecule has 1 amide bonds. The van der Waals surface area contributed by atoms with Crippen LogP contribution in [0, 0.1) is 25.2 Å². The van der Waals surface area contributed by atoms with Crippen molar-refractivity contribution in [2.75, 3.05) is 40.3 Å². The van der Waals surface area contributed by atoms with Crippen LogP contribution in [0.5, 0.6) is 0 Å². The van der Waals surface area contributed by atoms with Crippen molar-refractivity contribution in [2.45, 2.75) is 31.7 Å². The van der Waals surface area contributed by atoms with E-state index in [1.807, 2.05) is 36.1 Å². The lowest BCUT2D eigenvalue weighted by atomic mass is 10.1. The number of carbonyl (C=O) groups is 1. The summed E-state index contributed by atoms with van der Waals surface area (Å²) in [5, 5.41) is 8.95. The predicted octanol–water partition coefficient (Wildman–Crippen LogP) is 2.77. The Morgan fingerprint density at radius 2 is 1.75 bits per heavy atom. The summed E-state index contributed by atoms with van der Waals surface area (Å²) in [6.45, 7) is 7.19. The largest absolute Gasteiger partial charge is 0.337 e.